The lowest BCUT2D eigenvalue weighted by atomic mass is 10.0. The van der Waals surface area contributed by atoms with E-state index in [9.17, 15) is 17.6 Å². The number of alkyl halides is 4. The third-order valence-corrected chi connectivity index (χ3v) is 7.87. The van der Waals surface area contributed by atoms with Crippen LogP contribution < -0.4 is 9.47 Å². The zero-order valence-corrected chi connectivity index (χ0v) is 16.6. The molecule has 0 amide bonds. The van der Waals surface area contributed by atoms with Gasteiger partial charge in [-0.3, -0.25) is 0 Å². The zero-order valence-electron chi connectivity index (χ0n) is 15.0. The van der Waals surface area contributed by atoms with Gasteiger partial charge in [0.1, 0.15) is 11.5 Å². The van der Waals surface area contributed by atoms with Crippen LogP contribution in [0, 0.1) is 0 Å². The molecule has 0 fully saturated rings. The number of ether oxygens (including phenoxy) is 2. The second-order valence-corrected chi connectivity index (χ2v) is 9.31. The molecular weight excluding hydrogens is 412 g/mol. The Morgan fingerprint density at radius 2 is 1.32 bits per heavy atom. The Labute approximate surface area is 166 Å². The Balaban J connectivity index is 2.11. The lowest BCUT2D eigenvalue weighted by Gasteiger charge is -2.09. The number of hydrogen-bond acceptors (Lipinski definition) is 3. The molecule has 0 saturated heterocycles. The van der Waals surface area contributed by atoms with Crippen molar-refractivity contribution >= 4 is 20.3 Å². The number of hydrogen-bond donors (Lipinski definition) is 0. The van der Waals surface area contributed by atoms with E-state index in [1.54, 1.807) is 55.0 Å². The lowest BCUT2D eigenvalue weighted by Crippen LogP contribution is -2.20. The highest BCUT2D eigenvalue weighted by molar-refractivity contribution is 8.46. The van der Waals surface area contributed by atoms with Crippen LogP contribution in [-0.2, 0) is 0 Å². The Bertz CT molecular complexity index is 922. The molecule has 8 heteroatoms. The predicted octanol–water partition coefficient (Wildman–Crippen LogP) is 7.14. The first-order valence-electron chi connectivity index (χ1n) is 8.15. The summed E-state index contributed by atoms with van der Waals surface area (Å²) >= 11 is 0. The van der Waals surface area contributed by atoms with Gasteiger partial charge in [0.05, 0.1) is 23.7 Å². The van der Waals surface area contributed by atoms with Gasteiger partial charge in [-0.2, -0.15) is 8.78 Å². The fourth-order valence-electron chi connectivity index (χ4n) is 2.62. The largest absolute Gasteiger partial charge is 0.497 e. The molecule has 3 aromatic rings. The number of rotatable bonds is 7. The Morgan fingerprint density at radius 1 is 0.821 bits per heavy atom. The monoisotopic (exact) mass is 429 g/mol. The molecule has 0 saturated carbocycles. The average Bonchev–Trinajstić information content (AvgIpc) is 3.10. The number of methoxy groups -OCH3 is 2. The van der Waals surface area contributed by atoms with Crippen molar-refractivity contribution in [3.8, 4) is 33.1 Å². The smallest absolute Gasteiger partial charge is 0.402 e. The Kier molecular flexibility index (Phi) is 6.20. The van der Waals surface area contributed by atoms with Crippen molar-refractivity contribution in [3.05, 3.63) is 60.0 Å². The quantitative estimate of drug-likeness (QED) is 0.226. The highest BCUT2D eigenvalue weighted by Crippen LogP contribution is 2.56. The summed E-state index contributed by atoms with van der Waals surface area (Å²) in [5.74, 6) is 1.28. The number of thiophene rings is 1. The summed E-state index contributed by atoms with van der Waals surface area (Å²) in [6.07, 6.45) is -3.74. The zero-order chi connectivity index (χ0) is 20.3. The van der Waals surface area contributed by atoms with E-state index >= 15 is 0 Å². The summed E-state index contributed by atoms with van der Waals surface area (Å²) in [7, 11) is 1.82. The second-order valence-electron chi connectivity index (χ2n) is 5.75. The van der Waals surface area contributed by atoms with Crippen LogP contribution in [0.2, 0.25) is 0 Å². The fraction of sp³-hybridized carbons (Fsp3) is 0.200. The maximum absolute atomic E-state index is 13.8. The molecule has 0 radical (unpaired) electrons. The van der Waals surface area contributed by atoms with Crippen LogP contribution in [0.15, 0.2) is 60.0 Å². The van der Waals surface area contributed by atoms with Crippen molar-refractivity contribution in [1.82, 2.24) is 0 Å². The van der Waals surface area contributed by atoms with E-state index < -0.39 is 21.2 Å². The second kappa shape index (κ2) is 8.45. The van der Waals surface area contributed by atoms with Crippen LogP contribution in [0.1, 0.15) is 0 Å². The minimum Gasteiger partial charge on any atom is -0.497 e. The van der Waals surface area contributed by atoms with Crippen molar-refractivity contribution in [1.29, 1.82) is 0 Å². The van der Waals surface area contributed by atoms with Crippen molar-refractivity contribution in [2.75, 3.05) is 14.2 Å². The van der Waals surface area contributed by atoms with Crippen molar-refractivity contribution in [2.45, 2.75) is 11.7 Å². The van der Waals surface area contributed by atoms with E-state index in [4.69, 9.17) is 9.47 Å². The molecule has 148 valence electrons. The van der Waals surface area contributed by atoms with Crippen LogP contribution >= 0.6 is 20.3 Å². The molecule has 0 bridgehead atoms. The van der Waals surface area contributed by atoms with Gasteiger partial charge >= 0.3 is 11.7 Å². The van der Waals surface area contributed by atoms with Gasteiger partial charge in [-0.25, -0.2) is 8.78 Å². The number of halogens is 4. The first-order valence-corrected chi connectivity index (χ1v) is 10.8. The third kappa shape index (κ3) is 4.28. The van der Waals surface area contributed by atoms with Crippen LogP contribution in [0.5, 0.6) is 11.5 Å². The van der Waals surface area contributed by atoms with E-state index in [1.807, 2.05) is 12.1 Å². The molecule has 1 unspecified atom stereocenters. The molecule has 0 aliphatic rings. The van der Waals surface area contributed by atoms with Crippen LogP contribution in [-0.4, -0.2) is 25.9 Å². The van der Waals surface area contributed by atoms with E-state index in [1.165, 1.54) is 7.11 Å². The maximum Gasteiger partial charge on any atom is 0.402 e. The molecule has 1 atom stereocenters. The summed E-state index contributed by atoms with van der Waals surface area (Å²) in [5, 5.41) is -2.58. The van der Waals surface area contributed by atoms with Crippen LogP contribution in [0.25, 0.3) is 21.6 Å². The standard InChI is InChI=1S/C20H17F4O2S2/c1-25-15-7-3-13(4-8-15)17-11-12-28(27-20(23,24)19(21)22)18(17)14-5-9-16(26-2)10-6-14/h3-12,19H,1-2H3/q+1. The Morgan fingerprint density at radius 3 is 1.79 bits per heavy atom. The van der Waals surface area contributed by atoms with Crippen LogP contribution in [0.3, 0.4) is 0 Å². The average molecular weight is 429 g/mol. The lowest BCUT2D eigenvalue weighted by molar-refractivity contribution is -0.0552. The van der Waals surface area contributed by atoms with Gasteiger partial charge in [0, 0.05) is 17.2 Å². The number of benzene rings is 2. The molecule has 0 aliphatic carbocycles. The fourth-order valence-corrected chi connectivity index (χ4v) is 6.31. The highest BCUT2D eigenvalue weighted by atomic mass is 33.1. The van der Waals surface area contributed by atoms with E-state index in [2.05, 4.69) is 0 Å². The van der Waals surface area contributed by atoms with Crippen LogP contribution in [0.4, 0.5) is 17.6 Å². The van der Waals surface area contributed by atoms with Gasteiger partial charge in [-0.15, -0.1) is 0 Å². The van der Waals surface area contributed by atoms with Crippen molar-refractivity contribution in [2.24, 2.45) is 0 Å². The summed E-state index contributed by atoms with van der Waals surface area (Å²) in [4.78, 5) is 0.582. The van der Waals surface area contributed by atoms with E-state index in [0.717, 1.165) is 5.56 Å². The molecule has 2 nitrogen and oxygen atoms in total. The van der Waals surface area contributed by atoms with Gasteiger partial charge in [-0.05, 0) is 42.0 Å². The topological polar surface area (TPSA) is 18.5 Å². The van der Waals surface area contributed by atoms with E-state index in [-0.39, 0.29) is 10.8 Å². The normalized spacial score (nSPS) is 12.3. The molecule has 3 rings (SSSR count). The predicted molar refractivity (Wildman–Crippen MR) is 107 cm³/mol. The molecule has 1 aromatic heterocycles. The summed E-state index contributed by atoms with van der Waals surface area (Å²) in [6, 6.07) is 15.8. The SMILES string of the molecule is COc1ccc(-c2cc[s+](SC(F)(F)C(F)F)c2-c2ccc(OC)cc2)cc1. The first-order chi connectivity index (χ1) is 13.4. The minimum atomic E-state index is -4.14. The summed E-state index contributed by atoms with van der Waals surface area (Å²) in [6.45, 7) is 0. The molecule has 2 aromatic carbocycles. The van der Waals surface area contributed by atoms with Gasteiger partial charge in [0.15, 0.2) is 5.38 Å². The summed E-state index contributed by atoms with van der Waals surface area (Å²) < 4.78 is 63.3. The first kappa shape index (κ1) is 20.5. The molecule has 0 spiro atoms. The third-order valence-electron chi connectivity index (χ3n) is 4.01. The summed E-state index contributed by atoms with van der Waals surface area (Å²) in [5.41, 5.74) is 2.19. The van der Waals surface area contributed by atoms with E-state index in [0.29, 0.717) is 27.5 Å². The molecular formula is C20H17F4O2S2+. The van der Waals surface area contributed by atoms with Gasteiger partial charge in [0.2, 0.25) is 15.7 Å². The van der Waals surface area contributed by atoms with Gasteiger partial charge in [0.25, 0.3) is 0 Å². The van der Waals surface area contributed by atoms with Gasteiger partial charge in [-0.1, -0.05) is 12.1 Å². The van der Waals surface area contributed by atoms with Crippen molar-refractivity contribution in [3.63, 3.8) is 0 Å². The molecule has 1 heterocycles. The highest BCUT2D eigenvalue weighted by Gasteiger charge is 2.49. The maximum atomic E-state index is 13.8. The van der Waals surface area contributed by atoms with Crippen molar-refractivity contribution < 1.29 is 27.0 Å². The molecule has 28 heavy (non-hydrogen) atoms. The molecule has 0 aliphatic heterocycles. The Hall–Kier alpha value is -2.19. The minimum absolute atomic E-state index is 0.0196. The molecule has 0 N–H and O–H groups in total. The van der Waals surface area contributed by atoms with Gasteiger partial charge < -0.3 is 9.47 Å².